The van der Waals surface area contributed by atoms with Gasteiger partial charge in [0.05, 0.1) is 13.7 Å². The maximum absolute atomic E-state index is 5.79. The molecule has 0 radical (unpaired) electrons. The molecule has 0 saturated carbocycles. The van der Waals surface area contributed by atoms with Gasteiger partial charge in [0.25, 0.3) is 0 Å². The molecule has 0 unspecified atom stereocenters. The Labute approximate surface area is 97.8 Å². The van der Waals surface area contributed by atoms with Gasteiger partial charge in [0.1, 0.15) is 0 Å². The fourth-order valence-electron chi connectivity index (χ4n) is 1.53. The van der Waals surface area contributed by atoms with Gasteiger partial charge in [0.2, 0.25) is 0 Å². The zero-order valence-electron chi connectivity index (χ0n) is 10.4. The minimum atomic E-state index is 0.744. The van der Waals surface area contributed by atoms with Crippen molar-refractivity contribution in [1.29, 1.82) is 0 Å². The van der Waals surface area contributed by atoms with Crippen LogP contribution in [0.1, 0.15) is 25.3 Å². The van der Waals surface area contributed by atoms with Crippen molar-refractivity contribution in [3.05, 3.63) is 23.8 Å². The van der Waals surface area contributed by atoms with Crippen molar-refractivity contribution in [3.63, 3.8) is 0 Å². The molecule has 90 valence electrons. The number of hydrogen-bond donors (Lipinski definition) is 1. The van der Waals surface area contributed by atoms with Gasteiger partial charge in [0.15, 0.2) is 11.5 Å². The van der Waals surface area contributed by atoms with Crippen LogP contribution in [0.4, 0.5) is 0 Å². The second-order valence-corrected chi connectivity index (χ2v) is 3.68. The van der Waals surface area contributed by atoms with E-state index >= 15 is 0 Å². The van der Waals surface area contributed by atoms with Crippen molar-refractivity contribution in [1.82, 2.24) is 5.32 Å². The van der Waals surface area contributed by atoms with E-state index in [-0.39, 0.29) is 0 Å². The lowest BCUT2D eigenvalue weighted by Gasteiger charge is -2.14. The topological polar surface area (TPSA) is 30.5 Å². The average molecular weight is 223 g/mol. The minimum Gasteiger partial charge on any atom is -0.493 e. The first-order valence-corrected chi connectivity index (χ1v) is 5.76. The number of hydrogen-bond acceptors (Lipinski definition) is 3. The Bertz CT molecular complexity index is 313. The van der Waals surface area contributed by atoms with Gasteiger partial charge >= 0.3 is 0 Å². The maximum atomic E-state index is 5.79. The monoisotopic (exact) mass is 223 g/mol. The lowest BCUT2D eigenvalue weighted by molar-refractivity contribution is 0.285. The number of benzene rings is 1. The predicted octanol–water partition coefficient (Wildman–Crippen LogP) is 2.59. The van der Waals surface area contributed by atoms with Crippen LogP contribution < -0.4 is 14.8 Å². The summed E-state index contributed by atoms with van der Waals surface area (Å²) in [6, 6.07) is 5.97. The molecule has 3 nitrogen and oxygen atoms in total. The second kappa shape index (κ2) is 7.12. The van der Waals surface area contributed by atoms with Gasteiger partial charge in [-0.25, -0.2) is 0 Å². The fraction of sp³-hybridized carbons (Fsp3) is 0.538. The Morgan fingerprint density at radius 3 is 2.75 bits per heavy atom. The Balaban J connectivity index is 2.81. The lowest BCUT2D eigenvalue weighted by Crippen LogP contribution is -2.09. The van der Waals surface area contributed by atoms with Crippen LogP contribution in [0.2, 0.25) is 0 Å². The number of methoxy groups -OCH3 is 1. The van der Waals surface area contributed by atoms with Crippen LogP contribution in [0, 0.1) is 0 Å². The highest BCUT2D eigenvalue weighted by molar-refractivity contribution is 5.46. The number of rotatable bonds is 7. The molecule has 0 aliphatic carbocycles. The molecule has 1 N–H and O–H groups in total. The molecule has 1 rings (SSSR count). The molecule has 1 aromatic rings. The Hall–Kier alpha value is -1.22. The molecule has 0 saturated heterocycles. The molecule has 0 aliphatic rings. The van der Waals surface area contributed by atoms with Crippen molar-refractivity contribution in [2.75, 3.05) is 20.8 Å². The molecule has 0 amide bonds. The van der Waals surface area contributed by atoms with Crippen molar-refractivity contribution in [2.24, 2.45) is 0 Å². The van der Waals surface area contributed by atoms with E-state index in [2.05, 4.69) is 18.3 Å². The summed E-state index contributed by atoms with van der Waals surface area (Å²) in [4.78, 5) is 0. The molecule has 0 bridgehead atoms. The normalized spacial score (nSPS) is 10.2. The molecular weight excluding hydrogens is 202 g/mol. The van der Waals surface area contributed by atoms with Crippen molar-refractivity contribution in [3.8, 4) is 11.5 Å². The highest BCUT2D eigenvalue weighted by Crippen LogP contribution is 2.31. The zero-order valence-corrected chi connectivity index (χ0v) is 10.4. The molecule has 1 aromatic carbocycles. The van der Waals surface area contributed by atoms with E-state index in [1.165, 1.54) is 0 Å². The molecule has 0 heterocycles. The number of unbranched alkanes of at least 4 members (excludes halogenated alkanes) is 1. The van der Waals surface area contributed by atoms with E-state index in [1.807, 2.05) is 19.2 Å². The third-order valence-electron chi connectivity index (χ3n) is 2.39. The standard InChI is InChI=1S/C13H21NO2/c1-4-5-9-16-13-11(10-14-2)7-6-8-12(13)15-3/h6-8,14H,4-5,9-10H2,1-3H3. The molecule has 16 heavy (non-hydrogen) atoms. The predicted molar refractivity (Wildman–Crippen MR) is 66.2 cm³/mol. The molecule has 0 fully saturated rings. The summed E-state index contributed by atoms with van der Waals surface area (Å²) in [6.45, 7) is 3.69. The molecule has 0 atom stereocenters. The third kappa shape index (κ3) is 3.42. The van der Waals surface area contributed by atoms with Crippen LogP contribution in [-0.2, 0) is 6.54 Å². The quantitative estimate of drug-likeness (QED) is 0.721. The van der Waals surface area contributed by atoms with Gasteiger partial charge in [0, 0.05) is 12.1 Å². The van der Waals surface area contributed by atoms with Crippen LogP contribution in [0.3, 0.4) is 0 Å². The summed E-state index contributed by atoms with van der Waals surface area (Å²) < 4.78 is 11.1. The summed E-state index contributed by atoms with van der Waals surface area (Å²) in [5.74, 6) is 1.68. The van der Waals surface area contributed by atoms with E-state index in [1.54, 1.807) is 7.11 Å². The molecule has 0 spiro atoms. The molecular formula is C13H21NO2. The van der Waals surface area contributed by atoms with Crippen LogP contribution in [-0.4, -0.2) is 20.8 Å². The zero-order chi connectivity index (χ0) is 11.8. The van der Waals surface area contributed by atoms with Gasteiger partial charge in [-0.15, -0.1) is 0 Å². The third-order valence-corrected chi connectivity index (χ3v) is 2.39. The SMILES string of the molecule is CCCCOc1c(CNC)cccc1OC. The Morgan fingerprint density at radius 2 is 2.12 bits per heavy atom. The highest BCUT2D eigenvalue weighted by atomic mass is 16.5. The van der Waals surface area contributed by atoms with Crippen LogP contribution >= 0.6 is 0 Å². The minimum absolute atomic E-state index is 0.744. The number of nitrogens with one attached hydrogen (secondary N) is 1. The van der Waals surface area contributed by atoms with Gasteiger partial charge in [-0.2, -0.15) is 0 Å². The van der Waals surface area contributed by atoms with Crippen LogP contribution in [0.25, 0.3) is 0 Å². The summed E-state index contributed by atoms with van der Waals surface area (Å²) in [7, 11) is 3.60. The van der Waals surface area contributed by atoms with Gasteiger partial charge in [-0.3, -0.25) is 0 Å². The smallest absolute Gasteiger partial charge is 0.165 e. The summed E-state index contributed by atoms with van der Waals surface area (Å²) in [5, 5.41) is 3.13. The van der Waals surface area contributed by atoms with Gasteiger partial charge in [-0.1, -0.05) is 25.5 Å². The van der Waals surface area contributed by atoms with E-state index in [0.29, 0.717) is 0 Å². The fourth-order valence-corrected chi connectivity index (χ4v) is 1.53. The van der Waals surface area contributed by atoms with E-state index in [9.17, 15) is 0 Å². The molecule has 3 heteroatoms. The summed E-state index contributed by atoms with van der Waals surface area (Å²) >= 11 is 0. The van der Waals surface area contributed by atoms with Crippen LogP contribution in [0.5, 0.6) is 11.5 Å². The van der Waals surface area contributed by atoms with E-state index < -0.39 is 0 Å². The number of para-hydroxylation sites is 1. The summed E-state index contributed by atoms with van der Waals surface area (Å²) in [6.07, 6.45) is 2.20. The first-order chi connectivity index (χ1) is 7.83. The Morgan fingerprint density at radius 1 is 1.31 bits per heavy atom. The molecule has 0 aromatic heterocycles. The Kier molecular flexibility index (Phi) is 5.72. The largest absolute Gasteiger partial charge is 0.493 e. The lowest BCUT2D eigenvalue weighted by atomic mass is 10.2. The average Bonchev–Trinajstić information content (AvgIpc) is 2.31. The maximum Gasteiger partial charge on any atom is 0.165 e. The summed E-state index contributed by atoms with van der Waals surface area (Å²) in [5.41, 5.74) is 1.14. The highest BCUT2D eigenvalue weighted by Gasteiger charge is 2.09. The number of ether oxygens (including phenoxy) is 2. The second-order valence-electron chi connectivity index (χ2n) is 3.68. The van der Waals surface area contributed by atoms with Crippen molar-refractivity contribution in [2.45, 2.75) is 26.3 Å². The first-order valence-electron chi connectivity index (χ1n) is 5.76. The van der Waals surface area contributed by atoms with Gasteiger partial charge < -0.3 is 14.8 Å². The molecule has 0 aliphatic heterocycles. The first kappa shape index (κ1) is 12.8. The van der Waals surface area contributed by atoms with Crippen molar-refractivity contribution >= 4 is 0 Å². The van der Waals surface area contributed by atoms with Crippen LogP contribution in [0.15, 0.2) is 18.2 Å². The van der Waals surface area contributed by atoms with E-state index in [0.717, 1.165) is 43.1 Å². The van der Waals surface area contributed by atoms with Gasteiger partial charge in [-0.05, 0) is 19.5 Å². The van der Waals surface area contributed by atoms with Crippen molar-refractivity contribution < 1.29 is 9.47 Å². The van der Waals surface area contributed by atoms with E-state index in [4.69, 9.17) is 9.47 Å².